The summed E-state index contributed by atoms with van der Waals surface area (Å²) in [5.74, 6) is 0. The molecule has 1 aliphatic rings. The van der Waals surface area contributed by atoms with E-state index in [9.17, 15) is 0 Å². The van der Waals surface area contributed by atoms with Crippen LogP contribution in [0.3, 0.4) is 0 Å². The number of nitrogens with zero attached hydrogens (tertiary/aromatic N) is 2. The lowest BCUT2D eigenvalue weighted by molar-refractivity contribution is 0.213. The molecule has 1 aliphatic heterocycles. The standard InChI is InChI=1S/C12H12N2O/c1-9(14-15-2)10-5-3-7-12-11(10)6-4-8-13-12/h3-8H,1-2H3/q+1. The van der Waals surface area contributed by atoms with Crippen molar-refractivity contribution in [2.75, 3.05) is 7.11 Å². The maximum absolute atomic E-state index is 4.77. The number of hydrogen-bond donors (Lipinski definition) is 0. The zero-order valence-electron chi connectivity index (χ0n) is 8.77. The summed E-state index contributed by atoms with van der Waals surface area (Å²) < 4.78 is 0. The predicted molar refractivity (Wildman–Crippen MR) is 59.8 cm³/mol. The van der Waals surface area contributed by atoms with E-state index < -0.39 is 0 Å². The lowest BCUT2D eigenvalue weighted by Gasteiger charge is -1.99. The van der Waals surface area contributed by atoms with Gasteiger partial charge in [0.1, 0.15) is 7.11 Å². The highest BCUT2D eigenvalue weighted by Gasteiger charge is 2.07. The van der Waals surface area contributed by atoms with Crippen molar-refractivity contribution in [3.05, 3.63) is 46.6 Å². The molecule has 0 unspecified atom stereocenters. The Labute approximate surface area is 88.1 Å². The first-order valence-corrected chi connectivity index (χ1v) is 4.75. The molecule has 0 spiro atoms. The van der Waals surface area contributed by atoms with Gasteiger partial charge >= 0.3 is 0 Å². The van der Waals surface area contributed by atoms with Crippen molar-refractivity contribution in [1.82, 2.24) is 4.99 Å². The summed E-state index contributed by atoms with van der Waals surface area (Å²) in [6, 6.07) is 5.97. The Morgan fingerprint density at radius 2 is 2.27 bits per heavy atom. The van der Waals surface area contributed by atoms with Gasteiger partial charge in [-0.3, -0.25) is 0 Å². The van der Waals surface area contributed by atoms with Gasteiger partial charge < -0.3 is 4.84 Å². The van der Waals surface area contributed by atoms with Crippen molar-refractivity contribution >= 4 is 11.8 Å². The zero-order chi connectivity index (χ0) is 10.7. The summed E-state index contributed by atoms with van der Waals surface area (Å²) in [6.07, 6.45) is 5.74. The van der Waals surface area contributed by atoms with Crippen LogP contribution in [0.2, 0.25) is 0 Å². The SMILES string of the molecule is CON=C(C)c1cccc2c1=CC=C[N+]=2. The molecule has 1 aromatic rings. The smallest absolute Gasteiger partial charge is 0.285 e. The number of oxime groups is 1. The molecule has 15 heavy (non-hydrogen) atoms. The Morgan fingerprint density at radius 1 is 1.40 bits per heavy atom. The lowest BCUT2D eigenvalue weighted by Crippen LogP contribution is -2.34. The summed E-state index contributed by atoms with van der Waals surface area (Å²) in [4.78, 5) is 9.06. The number of benzene rings is 1. The van der Waals surface area contributed by atoms with Gasteiger partial charge in [0.2, 0.25) is 6.20 Å². The summed E-state index contributed by atoms with van der Waals surface area (Å²) in [5.41, 5.74) is 1.92. The van der Waals surface area contributed by atoms with Crippen LogP contribution in [0.1, 0.15) is 12.5 Å². The van der Waals surface area contributed by atoms with Gasteiger partial charge in [-0.2, -0.15) is 0 Å². The van der Waals surface area contributed by atoms with E-state index in [1.807, 2.05) is 37.3 Å². The van der Waals surface area contributed by atoms with Crippen molar-refractivity contribution in [3.8, 4) is 0 Å². The van der Waals surface area contributed by atoms with Crippen molar-refractivity contribution in [3.63, 3.8) is 0 Å². The van der Waals surface area contributed by atoms with Gasteiger partial charge in [-0.1, -0.05) is 17.3 Å². The van der Waals surface area contributed by atoms with Gasteiger partial charge in [0, 0.05) is 17.7 Å². The maximum Gasteiger partial charge on any atom is 0.285 e. The third kappa shape index (κ3) is 1.81. The van der Waals surface area contributed by atoms with E-state index >= 15 is 0 Å². The molecule has 0 aromatic heterocycles. The Bertz CT molecular complexity index is 541. The fourth-order valence-electron chi connectivity index (χ4n) is 1.60. The highest BCUT2D eigenvalue weighted by Crippen LogP contribution is 1.94. The minimum atomic E-state index is 0.858. The number of rotatable bonds is 2. The highest BCUT2D eigenvalue weighted by molar-refractivity contribution is 5.98. The van der Waals surface area contributed by atoms with E-state index in [4.69, 9.17) is 4.84 Å². The second-order valence-electron chi connectivity index (χ2n) is 3.23. The highest BCUT2D eigenvalue weighted by atomic mass is 16.6. The minimum Gasteiger partial charge on any atom is -0.399 e. The van der Waals surface area contributed by atoms with Crippen LogP contribution in [-0.4, -0.2) is 12.8 Å². The van der Waals surface area contributed by atoms with Crippen LogP contribution in [-0.2, 0) is 4.84 Å². The second kappa shape index (κ2) is 4.09. The van der Waals surface area contributed by atoms with E-state index in [1.54, 1.807) is 13.3 Å². The van der Waals surface area contributed by atoms with Gasteiger partial charge in [-0.25, -0.2) is 0 Å². The molecule has 1 heterocycles. The monoisotopic (exact) mass is 200 g/mol. The fourth-order valence-corrected chi connectivity index (χ4v) is 1.60. The van der Waals surface area contributed by atoms with Crippen LogP contribution in [0.5, 0.6) is 0 Å². The first kappa shape index (κ1) is 9.65. The first-order valence-electron chi connectivity index (χ1n) is 4.75. The molecule has 75 valence electrons. The molecule has 0 amide bonds. The van der Waals surface area contributed by atoms with Crippen LogP contribution in [0.4, 0.5) is 0 Å². The Morgan fingerprint density at radius 3 is 3.07 bits per heavy atom. The van der Waals surface area contributed by atoms with Gasteiger partial charge in [-0.05, 0) is 13.0 Å². The van der Waals surface area contributed by atoms with E-state index in [0.29, 0.717) is 0 Å². The topological polar surface area (TPSA) is 35.7 Å². The van der Waals surface area contributed by atoms with Gasteiger partial charge in [0.05, 0.1) is 15.9 Å². The number of fused-ring (bicyclic) bond motifs is 1. The van der Waals surface area contributed by atoms with Crippen LogP contribution in [0.15, 0.2) is 35.6 Å². The second-order valence-corrected chi connectivity index (χ2v) is 3.23. The molecule has 0 saturated carbocycles. The largest absolute Gasteiger partial charge is 0.399 e. The molecule has 0 bridgehead atoms. The fraction of sp³-hybridized carbons (Fsp3) is 0.167. The molecular weight excluding hydrogens is 188 g/mol. The van der Waals surface area contributed by atoms with Crippen LogP contribution in [0.25, 0.3) is 6.08 Å². The van der Waals surface area contributed by atoms with E-state index in [1.165, 1.54) is 0 Å². The van der Waals surface area contributed by atoms with Crippen molar-refractivity contribution in [1.29, 1.82) is 0 Å². The molecule has 1 radical (unpaired) electrons. The van der Waals surface area contributed by atoms with Crippen LogP contribution in [0, 0.1) is 0 Å². The lowest BCUT2D eigenvalue weighted by atomic mass is 10.1. The first-order chi connectivity index (χ1) is 7.33. The molecule has 0 N–H and O–H groups in total. The predicted octanol–water partition coefficient (Wildman–Crippen LogP) is 0.320. The van der Waals surface area contributed by atoms with E-state index in [2.05, 4.69) is 10.1 Å². The molecule has 0 fully saturated rings. The third-order valence-corrected chi connectivity index (χ3v) is 2.26. The van der Waals surface area contributed by atoms with E-state index in [0.717, 1.165) is 21.9 Å². The molecule has 0 aliphatic carbocycles. The Hall–Kier alpha value is -1.90. The zero-order valence-corrected chi connectivity index (χ0v) is 8.77. The van der Waals surface area contributed by atoms with Gasteiger partial charge in [-0.15, -0.1) is 0 Å². The van der Waals surface area contributed by atoms with Crippen molar-refractivity contribution in [2.45, 2.75) is 6.92 Å². The van der Waals surface area contributed by atoms with E-state index in [-0.39, 0.29) is 0 Å². The average Bonchev–Trinajstić information content (AvgIpc) is 2.28. The molecule has 1 aromatic carbocycles. The normalized spacial score (nSPS) is 13.9. The minimum absolute atomic E-state index is 0.858. The summed E-state index contributed by atoms with van der Waals surface area (Å²) in [5, 5.41) is 6.00. The third-order valence-electron chi connectivity index (χ3n) is 2.26. The number of allylic oxidation sites excluding steroid dienone is 1. The molecule has 0 atom stereocenters. The Balaban J connectivity index is 2.68. The van der Waals surface area contributed by atoms with Crippen LogP contribution < -0.4 is 15.6 Å². The molecule has 3 heteroatoms. The average molecular weight is 200 g/mol. The maximum atomic E-state index is 4.77. The molecule has 0 saturated heterocycles. The Kier molecular flexibility index (Phi) is 2.63. The van der Waals surface area contributed by atoms with Crippen molar-refractivity contribution < 1.29 is 4.84 Å². The van der Waals surface area contributed by atoms with Gasteiger partial charge in [0.15, 0.2) is 0 Å². The molecule has 3 nitrogen and oxygen atoms in total. The van der Waals surface area contributed by atoms with Gasteiger partial charge in [0.25, 0.3) is 5.36 Å². The summed E-state index contributed by atoms with van der Waals surface area (Å²) in [6.45, 7) is 1.92. The van der Waals surface area contributed by atoms with Crippen LogP contribution >= 0.6 is 0 Å². The number of hydrogen-bond acceptors (Lipinski definition) is 3. The quantitative estimate of drug-likeness (QED) is 0.500. The van der Waals surface area contributed by atoms with Crippen molar-refractivity contribution in [2.24, 2.45) is 5.16 Å². The molecular formula is C12H12N2O+. The molecule has 2 rings (SSSR count). The summed E-state index contributed by atoms with van der Waals surface area (Å²) in [7, 11) is 1.55. The summed E-state index contributed by atoms with van der Waals surface area (Å²) >= 11 is 0.